The molecule has 0 spiro atoms. The summed E-state index contributed by atoms with van der Waals surface area (Å²) >= 11 is 4.76. The monoisotopic (exact) mass is 663 g/mol. The summed E-state index contributed by atoms with van der Waals surface area (Å²) < 4.78 is 15.9. The van der Waals surface area contributed by atoms with E-state index < -0.39 is 18.0 Å². The number of rotatable bonds is 7. The molecule has 5 rings (SSSR count). The van der Waals surface area contributed by atoms with Crippen molar-refractivity contribution in [2.45, 2.75) is 46.8 Å². The minimum absolute atomic E-state index is 0.185. The summed E-state index contributed by atoms with van der Waals surface area (Å²) in [4.78, 5) is 44.3. The smallest absolute Gasteiger partial charge is 0.338 e. The van der Waals surface area contributed by atoms with Crippen molar-refractivity contribution < 1.29 is 24.2 Å². The SMILES string of the molecule is COc1ccc(Br)cc1[C@@H]1C(C(=O)OC(C)C)=C(C)N=c2s/c(=C\c3cc(C)n(-c4cccc(C(=O)O)c4)c3C)c(=O)n21. The number of carboxylic acids is 1. The number of fused-ring (bicyclic) bond motifs is 1. The fourth-order valence-electron chi connectivity index (χ4n) is 5.32. The van der Waals surface area contributed by atoms with E-state index in [9.17, 15) is 19.5 Å². The van der Waals surface area contributed by atoms with Crippen molar-refractivity contribution in [3.05, 3.63) is 112 Å². The summed E-state index contributed by atoms with van der Waals surface area (Å²) in [5.74, 6) is -1.04. The normalized spacial score (nSPS) is 15.0. The number of halogens is 1. The summed E-state index contributed by atoms with van der Waals surface area (Å²) in [5, 5.41) is 9.47. The number of thiazole rings is 1. The number of aromatic nitrogens is 2. The van der Waals surface area contributed by atoms with E-state index in [0.717, 1.165) is 21.4 Å². The van der Waals surface area contributed by atoms with Crippen LogP contribution < -0.4 is 19.6 Å². The van der Waals surface area contributed by atoms with Gasteiger partial charge >= 0.3 is 11.9 Å². The van der Waals surface area contributed by atoms with Gasteiger partial charge in [-0.2, -0.15) is 0 Å². The van der Waals surface area contributed by atoms with Gasteiger partial charge in [0.15, 0.2) is 4.80 Å². The van der Waals surface area contributed by atoms with E-state index in [1.54, 1.807) is 52.1 Å². The average Bonchev–Trinajstić information content (AvgIpc) is 3.40. The summed E-state index contributed by atoms with van der Waals surface area (Å²) in [5.41, 5.74) is 4.45. The van der Waals surface area contributed by atoms with Gasteiger partial charge in [0.05, 0.1) is 34.6 Å². The molecule has 0 aliphatic carbocycles. The van der Waals surface area contributed by atoms with Gasteiger partial charge < -0.3 is 19.1 Å². The Balaban J connectivity index is 1.72. The number of nitrogens with zero attached hydrogens (tertiary/aromatic N) is 3. The molecule has 1 atom stereocenters. The molecule has 1 aliphatic rings. The summed E-state index contributed by atoms with van der Waals surface area (Å²) in [7, 11) is 1.54. The molecule has 43 heavy (non-hydrogen) atoms. The maximum Gasteiger partial charge on any atom is 0.338 e. The van der Waals surface area contributed by atoms with Crippen LogP contribution in [0.3, 0.4) is 0 Å². The Morgan fingerprint density at radius 3 is 2.53 bits per heavy atom. The van der Waals surface area contributed by atoms with Crippen LogP contribution in [0.5, 0.6) is 5.75 Å². The summed E-state index contributed by atoms with van der Waals surface area (Å²) in [6, 6.07) is 13.3. The van der Waals surface area contributed by atoms with Crippen molar-refractivity contribution in [3.63, 3.8) is 0 Å². The molecule has 0 amide bonds. The Hall–Kier alpha value is -4.22. The maximum absolute atomic E-state index is 14.2. The number of aromatic carboxylic acids is 1. The number of hydrogen-bond donors (Lipinski definition) is 1. The largest absolute Gasteiger partial charge is 0.496 e. The molecule has 3 heterocycles. The zero-order chi connectivity index (χ0) is 31.2. The molecule has 2 aromatic heterocycles. The predicted molar refractivity (Wildman–Crippen MR) is 168 cm³/mol. The van der Waals surface area contributed by atoms with Crippen LogP contribution in [0.15, 0.2) is 74.1 Å². The van der Waals surface area contributed by atoms with Gasteiger partial charge in [0.25, 0.3) is 5.56 Å². The average molecular weight is 665 g/mol. The molecule has 2 aromatic carbocycles. The molecular formula is C32H30BrN3O6S. The number of allylic oxidation sites excluding steroid dienone is 1. The fraction of sp³-hybridized carbons (Fsp3) is 0.250. The van der Waals surface area contributed by atoms with Gasteiger partial charge in [-0.25, -0.2) is 14.6 Å². The minimum atomic E-state index is -1.01. The van der Waals surface area contributed by atoms with Crippen molar-refractivity contribution in [1.29, 1.82) is 0 Å². The van der Waals surface area contributed by atoms with Crippen LogP contribution >= 0.6 is 27.3 Å². The zero-order valence-electron chi connectivity index (χ0n) is 24.5. The van der Waals surface area contributed by atoms with E-state index >= 15 is 0 Å². The van der Waals surface area contributed by atoms with E-state index in [-0.39, 0.29) is 22.8 Å². The van der Waals surface area contributed by atoms with E-state index in [1.807, 2.05) is 48.8 Å². The van der Waals surface area contributed by atoms with Crippen LogP contribution in [-0.2, 0) is 9.53 Å². The number of ether oxygens (including phenoxy) is 2. The third-order valence-corrected chi connectivity index (χ3v) is 8.66. The van der Waals surface area contributed by atoms with Crippen LogP contribution in [0, 0.1) is 13.8 Å². The number of aryl methyl sites for hydroxylation is 1. The van der Waals surface area contributed by atoms with Crippen molar-refractivity contribution in [1.82, 2.24) is 9.13 Å². The molecule has 4 aromatic rings. The summed E-state index contributed by atoms with van der Waals surface area (Å²) in [6.07, 6.45) is 1.44. The molecule has 0 radical (unpaired) electrons. The molecule has 1 aliphatic heterocycles. The third kappa shape index (κ3) is 5.62. The number of carboxylic acid groups (broad SMARTS) is 1. The zero-order valence-corrected chi connectivity index (χ0v) is 26.9. The lowest BCUT2D eigenvalue weighted by atomic mass is 9.95. The first kappa shape index (κ1) is 30.2. The highest BCUT2D eigenvalue weighted by atomic mass is 79.9. The third-order valence-electron chi connectivity index (χ3n) is 7.18. The second-order valence-corrected chi connectivity index (χ2v) is 12.4. The first-order chi connectivity index (χ1) is 20.4. The van der Waals surface area contributed by atoms with Gasteiger partial charge in [0, 0.05) is 27.1 Å². The number of hydrogen-bond acceptors (Lipinski definition) is 7. The molecule has 0 bridgehead atoms. The Kier molecular flexibility index (Phi) is 8.31. The molecule has 222 valence electrons. The van der Waals surface area contributed by atoms with E-state index in [0.29, 0.717) is 32.0 Å². The lowest BCUT2D eigenvalue weighted by Gasteiger charge is -2.26. The van der Waals surface area contributed by atoms with Crippen molar-refractivity contribution >= 4 is 45.3 Å². The van der Waals surface area contributed by atoms with E-state index in [2.05, 4.69) is 20.9 Å². The maximum atomic E-state index is 14.2. The Bertz CT molecular complexity index is 2000. The van der Waals surface area contributed by atoms with Gasteiger partial charge in [-0.3, -0.25) is 9.36 Å². The van der Waals surface area contributed by atoms with Crippen LogP contribution in [0.2, 0.25) is 0 Å². The number of benzene rings is 2. The number of carbonyl (C=O) groups excluding carboxylic acids is 1. The first-order valence-corrected chi connectivity index (χ1v) is 15.1. The quantitative estimate of drug-likeness (QED) is 0.277. The van der Waals surface area contributed by atoms with Crippen molar-refractivity contribution in [2.24, 2.45) is 4.99 Å². The van der Waals surface area contributed by atoms with Crippen molar-refractivity contribution in [2.75, 3.05) is 7.11 Å². The summed E-state index contributed by atoms with van der Waals surface area (Å²) in [6.45, 7) is 9.13. The highest BCUT2D eigenvalue weighted by Gasteiger charge is 2.35. The molecule has 11 heteroatoms. The first-order valence-electron chi connectivity index (χ1n) is 13.5. The lowest BCUT2D eigenvalue weighted by Crippen LogP contribution is -2.40. The molecule has 0 saturated heterocycles. The molecule has 9 nitrogen and oxygen atoms in total. The molecule has 0 fully saturated rings. The van der Waals surface area contributed by atoms with Gasteiger partial charge in [0.1, 0.15) is 11.8 Å². The van der Waals surface area contributed by atoms with Gasteiger partial charge in [-0.1, -0.05) is 33.3 Å². The van der Waals surface area contributed by atoms with Crippen molar-refractivity contribution in [3.8, 4) is 11.4 Å². The Morgan fingerprint density at radius 1 is 1.12 bits per heavy atom. The molecule has 0 saturated carbocycles. The number of carbonyl (C=O) groups is 2. The highest BCUT2D eigenvalue weighted by molar-refractivity contribution is 9.10. The highest BCUT2D eigenvalue weighted by Crippen LogP contribution is 2.37. The second kappa shape index (κ2) is 11.8. The number of methoxy groups -OCH3 is 1. The van der Waals surface area contributed by atoms with Gasteiger partial charge in [0.2, 0.25) is 0 Å². The topological polar surface area (TPSA) is 112 Å². The Labute approximate surface area is 260 Å². The van der Waals surface area contributed by atoms with E-state index in [4.69, 9.17) is 9.47 Å². The lowest BCUT2D eigenvalue weighted by molar-refractivity contribution is -0.143. The second-order valence-electron chi connectivity index (χ2n) is 10.4. The fourth-order valence-corrected chi connectivity index (χ4v) is 6.74. The standard InChI is InChI=1S/C32H30BrN3O6S/c1-16(2)42-31(40)27-18(4)34-32-36(28(27)24-15-22(33)10-11-25(24)41-6)29(37)26(43-32)14-21-12-17(3)35(19(21)5)23-9-7-8-20(13-23)30(38)39/h7-16,28H,1-6H3,(H,38,39)/b26-14-/t28-/m1/s1. The van der Waals surface area contributed by atoms with Gasteiger partial charge in [-0.15, -0.1) is 0 Å². The number of esters is 1. The van der Waals surface area contributed by atoms with Crippen LogP contribution in [0.4, 0.5) is 0 Å². The van der Waals surface area contributed by atoms with Crippen LogP contribution in [0.25, 0.3) is 11.8 Å². The molecule has 1 N–H and O–H groups in total. The Morgan fingerprint density at radius 2 is 1.86 bits per heavy atom. The van der Waals surface area contributed by atoms with Crippen LogP contribution in [0.1, 0.15) is 59.7 Å². The minimum Gasteiger partial charge on any atom is -0.496 e. The van der Waals surface area contributed by atoms with Crippen LogP contribution in [-0.4, -0.2) is 39.4 Å². The van der Waals surface area contributed by atoms with E-state index in [1.165, 1.54) is 15.9 Å². The van der Waals surface area contributed by atoms with Gasteiger partial charge in [-0.05, 0) is 88.7 Å². The molecule has 0 unspecified atom stereocenters. The predicted octanol–water partition coefficient (Wildman–Crippen LogP) is 5.06. The molecular weight excluding hydrogens is 634 g/mol.